The Hall–Kier alpha value is -1.88. The van der Waals surface area contributed by atoms with Gasteiger partial charge in [-0.05, 0) is 30.0 Å². The lowest BCUT2D eigenvalue weighted by Gasteiger charge is -2.17. The Balaban J connectivity index is 2.22. The number of nitrogens with one attached hydrogen (secondary N) is 2. The van der Waals surface area contributed by atoms with Crippen LogP contribution in [0.5, 0.6) is 0 Å². The van der Waals surface area contributed by atoms with Gasteiger partial charge in [0.05, 0.1) is 17.5 Å². The fourth-order valence-electron chi connectivity index (χ4n) is 2.20. The van der Waals surface area contributed by atoms with Gasteiger partial charge in [-0.3, -0.25) is 9.59 Å². The summed E-state index contributed by atoms with van der Waals surface area (Å²) in [6, 6.07) is 5.23. The number of fused-ring (bicyclic) bond motifs is 1. The van der Waals surface area contributed by atoms with Crippen LogP contribution in [0.3, 0.4) is 0 Å². The smallest absolute Gasteiger partial charge is 0.233 e. The summed E-state index contributed by atoms with van der Waals surface area (Å²) in [5, 5.41) is 15.6. The van der Waals surface area contributed by atoms with Crippen LogP contribution in [0.15, 0.2) is 18.2 Å². The monoisotopic (exact) mass is 276 g/mol. The molecular formula is C15H20N2O3. The molecule has 1 aliphatic heterocycles. The summed E-state index contributed by atoms with van der Waals surface area (Å²) in [4.78, 5) is 23.0. The van der Waals surface area contributed by atoms with Gasteiger partial charge in [0, 0.05) is 0 Å². The molecule has 2 rings (SSSR count). The van der Waals surface area contributed by atoms with Crippen molar-refractivity contribution in [3.8, 4) is 0 Å². The fourth-order valence-corrected chi connectivity index (χ4v) is 2.20. The lowest BCUT2D eigenvalue weighted by Crippen LogP contribution is -2.16. The van der Waals surface area contributed by atoms with Crippen molar-refractivity contribution in [2.75, 3.05) is 10.6 Å². The first-order chi connectivity index (χ1) is 9.49. The minimum absolute atomic E-state index is 0.181. The van der Waals surface area contributed by atoms with Crippen LogP contribution in [-0.2, 0) is 9.59 Å². The quantitative estimate of drug-likeness (QED) is 0.739. The molecule has 1 aromatic carbocycles. The lowest BCUT2D eigenvalue weighted by molar-refractivity contribution is -0.123. The minimum Gasteiger partial charge on any atom is -0.388 e. The minimum atomic E-state index is -0.564. The molecule has 1 aromatic rings. The highest BCUT2D eigenvalue weighted by Gasteiger charge is 2.20. The van der Waals surface area contributed by atoms with Gasteiger partial charge in [0.25, 0.3) is 0 Å². The van der Waals surface area contributed by atoms with Crippen molar-refractivity contribution in [2.24, 2.45) is 5.92 Å². The van der Waals surface area contributed by atoms with E-state index in [-0.39, 0.29) is 18.2 Å². The van der Waals surface area contributed by atoms with Crippen LogP contribution >= 0.6 is 0 Å². The third-order valence-electron chi connectivity index (χ3n) is 3.62. The van der Waals surface area contributed by atoms with Gasteiger partial charge in [-0.25, -0.2) is 0 Å². The van der Waals surface area contributed by atoms with Crippen LogP contribution < -0.4 is 10.6 Å². The molecule has 2 unspecified atom stereocenters. The van der Waals surface area contributed by atoms with E-state index in [0.29, 0.717) is 23.7 Å². The van der Waals surface area contributed by atoms with Crippen molar-refractivity contribution in [3.05, 3.63) is 23.8 Å². The van der Waals surface area contributed by atoms with E-state index in [9.17, 15) is 14.7 Å². The Morgan fingerprint density at radius 2 is 1.85 bits per heavy atom. The topological polar surface area (TPSA) is 78.4 Å². The van der Waals surface area contributed by atoms with Crippen LogP contribution in [0, 0.1) is 5.92 Å². The van der Waals surface area contributed by atoms with Gasteiger partial charge in [0.15, 0.2) is 0 Å². The van der Waals surface area contributed by atoms with Crippen molar-refractivity contribution in [2.45, 2.75) is 39.2 Å². The first kappa shape index (κ1) is 14.5. The number of hydrogen-bond acceptors (Lipinski definition) is 3. The molecule has 3 N–H and O–H groups in total. The molecule has 1 aliphatic rings. The van der Waals surface area contributed by atoms with E-state index >= 15 is 0 Å². The van der Waals surface area contributed by atoms with Crippen LogP contribution in [0.2, 0.25) is 0 Å². The molecule has 5 heteroatoms. The maximum absolute atomic E-state index is 11.5. The maximum atomic E-state index is 11.5. The first-order valence-corrected chi connectivity index (χ1v) is 6.91. The lowest BCUT2D eigenvalue weighted by atomic mass is 9.96. The van der Waals surface area contributed by atoms with Crippen LogP contribution in [0.25, 0.3) is 0 Å². The third-order valence-corrected chi connectivity index (χ3v) is 3.62. The van der Waals surface area contributed by atoms with Gasteiger partial charge >= 0.3 is 0 Å². The number of anilines is 2. The van der Waals surface area contributed by atoms with Gasteiger partial charge in [0.2, 0.25) is 11.8 Å². The van der Waals surface area contributed by atoms with Crippen molar-refractivity contribution in [1.29, 1.82) is 0 Å². The average molecular weight is 276 g/mol. The van der Waals surface area contributed by atoms with Crippen LogP contribution in [0.4, 0.5) is 11.4 Å². The second kappa shape index (κ2) is 6.05. The molecule has 5 nitrogen and oxygen atoms in total. The zero-order valence-electron chi connectivity index (χ0n) is 11.8. The Labute approximate surface area is 118 Å². The Kier molecular flexibility index (Phi) is 4.39. The molecule has 20 heavy (non-hydrogen) atoms. The normalized spacial score (nSPS) is 17.6. The molecule has 0 aromatic heterocycles. The van der Waals surface area contributed by atoms with Gasteiger partial charge < -0.3 is 15.7 Å². The van der Waals surface area contributed by atoms with Gasteiger partial charge in [0.1, 0.15) is 6.42 Å². The summed E-state index contributed by atoms with van der Waals surface area (Å²) in [5.41, 5.74) is 1.86. The molecule has 0 radical (unpaired) electrons. The summed E-state index contributed by atoms with van der Waals surface area (Å²) in [5.74, 6) is -0.234. The highest BCUT2D eigenvalue weighted by Crippen LogP contribution is 2.30. The van der Waals surface area contributed by atoms with Crippen LogP contribution in [0.1, 0.15) is 44.8 Å². The molecule has 2 atom stereocenters. The second-order valence-electron chi connectivity index (χ2n) is 5.34. The summed E-state index contributed by atoms with van der Waals surface area (Å²) in [6.45, 7) is 4.18. The molecule has 0 saturated carbocycles. The van der Waals surface area contributed by atoms with E-state index in [0.717, 1.165) is 12.0 Å². The van der Waals surface area contributed by atoms with Crippen LogP contribution in [-0.4, -0.2) is 16.9 Å². The summed E-state index contributed by atoms with van der Waals surface area (Å²) in [6.07, 6.45) is 0.940. The Bertz CT molecular complexity index is 528. The number of benzene rings is 1. The summed E-state index contributed by atoms with van der Waals surface area (Å²) in [7, 11) is 0. The van der Waals surface area contributed by atoms with Crippen molar-refractivity contribution < 1.29 is 14.7 Å². The van der Waals surface area contributed by atoms with E-state index in [2.05, 4.69) is 24.5 Å². The third kappa shape index (κ3) is 3.36. The van der Waals surface area contributed by atoms with E-state index in [1.807, 2.05) is 0 Å². The summed E-state index contributed by atoms with van der Waals surface area (Å²) < 4.78 is 0. The molecule has 0 saturated heterocycles. The molecule has 2 amide bonds. The van der Waals surface area contributed by atoms with Gasteiger partial charge in [-0.1, -0.05) is 26.3 Å². The standard InChI is InChI=1S/C15H20N2O3/c1-3-9(2)6-13(18)10-4-5-11-12(7-10)17-15(20)8-14(19)16-11/h4-5,7,9,13,18H,3,6,8H2,1-2H3,(H,16,19)(H,17,20). The zero-order chi connectivity index (χ0) is 14.7. The molecule has 0 aliphatic carbocycles. The average Bonchev–Trinajstić information content (AvgIpc) is 2.53. The van der Waals surface area contributed by atoms with Crippen molar-refractivity contribution in [3.63, 3.8) is 0 Å². The maximum Gasteiger partial charge on any atom is 0.233 e. The predicted molar refractivity (Wildman–Crippen MR) is 77.4 cm³/mol. The van der Waals surface area contributed by atoms with Gasteiger partial charge in [-0.2, -0.15) is 0 Å². The number of carbonyl (C=O) groups is 2. The molecule has 0 spiro atoms. The number of aliphatic hydroxyl groups excluding tert-OH is 1. The van der Waals surface area contributed by atoms with Crippen molar-refractivity contribution >= 4 is 23.2 Å². The largest absolute Gasteiger partial charge is 0.388 e. The molecule has 0 bridgehead atoms. The van der Waals surface area contributed by atoms with E-state index in [1.165, 1.54) is 0 Å². The molecule has 0 fully saturated rings. The number of carbonyl (C=O) groups excluding carboxylic acids is 2. The number of rotatable bonds is 4. The summed E-state index contributed by atoms with van der Waals surface area (Å²) >= 11 is 0. The van der Waals surface area contributed by atoms with Gasteiger partial charge in [-0.15, -0.1) is 0 Å². The van der Waals surface area contributed by atoms with Crippen molar-refractivity contribution in [1.82, 2.24) is 0 Å². The van der Waals surface area contributed by atoms with E-state index in [4.69, 9.17) is 0 Å². The van der Waals surface area contributed by atoms with E-state index < -0.39 is 6.10 Å². The number of aliphatic hydroxyl groups is 1. The molecule has 1 heterocycles. The SMILES string of the molecule is CCC(C)CC(O)c1ccc2c(c1)NC(=O)CC(=O)N2. The number of amides is 2. The molecular weight excluding hydrogens is 256 g/mol. The predicted octanol–water partition coefficient (Wildman–Crippen LogP) is 2.44. The zero-order valence-corrected chi connectivity index (χ0v) is 11.8. The second-order valence-corrected chi connectivity index (χ2v) is 5.34. The Morgan fingerprint density at radius 1 is 1.20 bits per heavy atom. The fraction of sp³-hybridized carbons (Fsp3) is 0.467. The van der Waals surface area contributed by atoms with E-state index in [1.54, 1.807) is 18.2 Å². The first-order valence-electron chi connectivity index (χ1n) is 6.91. The number of hydrogen-bond donors (Lipinski definition) is 3. The molecule has 108 valence electrons. The highest BCUT2D eigenvalue weighted by atomic mass is 16.3. The Morgan fingerprint density at radius 3 is 2.50 bits per heavy atom. The highest BCUT2D eigenvalue weighted by molar-refractivity contribution is 6.13.